The predicted molar refractivity (Wildman–Crippen MR) is 63.5 cm³/mol. The number of rotatable bonds is 1. The van der Waals surface area contributed by atoms with E-state index in [4.69, 9.17) is 35.4 Å². The van der Waals surface area contributed by atoms with Gasteiger partial charge in [0.25, 0.3) is 0 Å². The summed E-state index contributed by atoms with van der Waals surface area (Å²) in [5.41, 5.74) is 0.736. The fraction of sp³-hybridized carbons (Fsp3) is 0.111. The van der Waals surface area contributed by atoms with Crippen LogP contribution in [0.2, 0.25) is 10.0 Å². The molecule has 0 spiro atoms. The van der Waals surface area contributed by atoms with Crippen molar-refractivity contribution >= 4 is 35.4 Å². The Bertz CT molecular complexity index is 559. The van der Waals surface area contributed by atoms with E-state index in [1.165, 1.54) is 0 Å². The molecule has 78 valence electrons. The Morgan fingerprint density at radius 3 is 2.73 bits per heavy atom. The van der Waals surface area contributed by atoms with Gasteiger partial charge in [0, 0.05) is 0 Å². The summed E-state index contributed by atoms with van der Waals surface area (Å²) in [5, 5.41) is 7.67. The summed E-state index contributed by atoms with van der Waals surface area (Å²) in [5.74, 6) is 0.740. The van der Waals surface area contributed by atoms with E-state index >= 15 is 0 Å². The second kappa shape index (κ2) is 3.96. The Morgan fingerprint density at radius 2 is 2.13 bits per heavy atom. The van der Waals surface area contributed by atoms with E-state index in [9.17, 15) is 0 Å². The van der Waals surface area contributed by atoms with Gasteiger partial charge in [0.2, 0.25) is 0 Å². The van der Waals surface area contributed by atoms with Gasteiger partial charge in [-0.2, -0.15) is 5.10 Å². The molecule has 0 saturated heterocycles. The van der Waals surface area contributed by atoms with Gasteiger partial charge in [-0.05, 0) is 31.3 Å². The average molecular weight is 260 g/mol. The van der Waals surface area contributed by atoms with Crippen molar-refractivity contribution in [3.05, 3.63) is 38.8 Å². The number of hydrogen-bond acceptors (Lipinski definition) is 2. The molecule has 0 radical (unpaired) electrons. The molecule has 2 rings (SSSR count). The molecule has 0 aliphatic heterocycles. The van der Waals surface area contributed by atoms with E-state index in [2.05, 4.69) is 10.2 Å². The van der Waals surface area contributed by atoms with Crippen LogP contribution in [0.1, 0.15) is 5.82 Å². The average Bonchev–Trinajstić information content (AvgIpc) is 2.52. The fourth-order valence-electron chi connectivity index (χ4n) is 1.32. The molecule has 0 unspecified atom stereocenters. The summed E-state index contributed by atoms with van der Waals surface area (Å²) < 4.78 is 2.24. The first kappa shape index (κ1) is 10.7. The quantitative estimate of drug-likeness (QED) is 0.795. The van der Waals surface area contributed by atoms with Crippen LogP contribution in [0.15, 0.2) is 18.2 Å². The SMILES string of the molecule is Cc1n[nH]c(=S)n1-c1cccc(Cl)c1Cl. The van der Waals surface area contributed by atoms with Gasteiger partial charge >= 0.3 is 0 Å². The first-order valence-electron chi connectivity index (χ1n) is 4.19. The lowest BCUT2D eigenvalue weighted by atomic mass is 10.3. The molecular formula is C9H7Cl2N3S. The van der Waals surface area contributed by atoms with Crippen LogP contribution in [0.5, 0.6) is 0 Å². The van der Waals surface area contributed by atoms with Crippen LogP contribution in [0.3, 0.4) is 0 Å². The van der Waals surface area contributed by atoms with Crippen molar-refractivity contribution in [2.45, 2.75) is 6.92 Å². The lowest BCUT2D eigenvalue weighted by molar-refractivity contribution is 0.963. The van der Waals surface area contributed by atoms with E-state index in [-0.39, 0.29) is 0 Å². The molecule has 0 atom stereocenters. The first-order chi connectivity index (χ1) is 7.11. The van der Waals surface area contributed by atoms with E-state index in [1.807, 2.05) is 19.1 Å². The maximum Gasteiger partial charge on any atom is 0.199 e. The minimum Gasteiger partial charge on any atom is -0.271 e. The zero-order valence-corrected chi connectivity index (χ0v) is 10.1. The summed E-state index contributed by atoms with van der Waals surface area (Å²) in [6, 6.07) is 5.39. The highest BCUT2D eigenvalue weighted by atomic mass is 35.5. The molecule has 1 heterocycles. The third-order valence-electron chi connectivity index (χ3n) is 2.01. The molecule has 0 aliphatic rings. The minimum atomic E-state index is 0.472. The lowest BCUT2D eigenvalue weighted by Gasteiger charge is -2.07. The number of benzene rings is 1. The van der Waals surface area contributed by atoms with Gasteiger partial charge < -0.3 is 0 Å². The van der Waals surface area contributed by atoms with Gasteiger partial charge in [-0.1, -0.05) is 29.3 Å². The van der Waals surface area contributed by atoms with Crippen molar-refractivity contribution in [1.29, 1.82) is 0 Å². The van der Waals surface area contributed by atoms with Crippen molar-refractivity contribution in [3.63, 3.8) is 0 Å². The Balaban J connectivity index is 2.75. The number of H-pyrrole nitrogens is 1. The van der Waals surface area contributed by atoms with Crippen LogP contribution in [0.4, 0.5) is 0 Å². The highest BCUT2D eigenvalue weighted by molar-refractivity contribution is 7.71. The third kappa shape index (κ3) is 1.80. The number of nitrogens with zero attached hydrogens (tertiary/aromatic N) is 2. The molecule has 15 heavy (non-hydrogen) atoms. The van der Waals surface area contributed by atoms with E-state index in [0.717, 1.165) is 11.5 Å². The second-order valence-corrected chi connectivity index (χ2v) is 4.16. The summed E-state index contributed by atoms with van der Waals surface area (Å²) in [7, 11) is 0. The van der Waals surface area contributed by atoms with Gasteiger partial charge in [0.05, 0.1) is 15.7 Å². The Hall–Kier alpha value is -0.840. The Labute approximate surface area is 102 Å². The topological polar surface area (TPSA) is 33.6 Å². The number of hydrogen-bond donors (Lipinski definition) is 1. The zero-order valence-electron chi connectivity index (χ0n) is 7.79. The normalized spacial score (nSPS) is 10.6. The van der Waals surface area contributed by atoms with Crippen molar-refractivity contribution in [2.24, 2.45) is 0 Å². The predicted octanol–water partition coefficient (Wildman–Crippen LogP) is 3.55. The van der Waals surface area contributed by atoms with E-state index in [0.29, 0.717) is 14.8 Å². The number of halogens is 2. The maximum atomic E-state index is 6.09. The van der Waals surface area contributed by atoms with Crippen molar-refractivity contribution in [2.75, 3.05) is 0 Å². The van der Waals surface area contributed by atoms with Gasteiger partial charge in [-0.25, -0.2) is 0 Å². The largest absolute Gasteiger partial charge is 0.271 e. The molecule has 6 heteroatoms. The minimum absolute atomic E-state index is 0.472. The number of aromatic amines is 1. The summed E-state index contributed by atoms with van der Waals surface area (Å²) >= 11 is 17.1. The van der Waals surface area contributed by atoms with Crippen molar-refractivity contribution in [1.82, 2.24) is 14.8 Å². The number of aryl methyl sites for hydroxylation is 1. The van der Waals surface area contributed by atoms with Gasteiger partial charge in [0.1, 0.15) is 5.82 Å². The van der Waals surface area contributed by atoms with Crippen molar-refractivity contribution < 1.29 is 0 Å². The van der Waals surface area contributed by atoms with E-state index in [1.54, 1.807) is 10.6 Å². The molecule has 0 fully saturated rings. The fourth-order valence-corrected chi connectivity index (χ4v) is 1.98. The van der Waals surface area contributed by atoms with Gasteiger partial charge in [-0.3, -0.25) is 9.67 Å². The molecule has 0 aliphatic carbocycles. The molecule has 2 aromatic rings. The molecular weight excluding hydrogens is 253 g/mol. The zero-order chi connectivity index (χ0) is 11.0. The Kier molecular flexibility index (Phi) is 2.82. The molecule has 1 aromatic heterocycles. The second-order valence-electron chi connectivity index (χ2n) is 2.98. The highest BCUT2D eigenvalue weighted by Gasteiger charge is 2.09. The lowest BCUT2D eigenvalue weighted by Crippen LogP contribution is -1.98. The molecule has 0 amide bonds. The monoisotopic (exact) mass is 259 g/mol. The van der Waals surface area contributed by atoms with Crippen LogP contribution in [-0.4, -0.2) is 14.8 Å². The smallest absolute Gasteiger partial charge is 0.199 e. The molecule has 1 aromatic carbocycles. The molecule has 0 saturated carbocycles. The molecule has 1 N–H and O–H groups in total. The maximum absolute atomic E-state index is 6.09. The highest BCUT2D eigenvalue weighted by Crippen LogP contribution is 2.28. The van der Waals surface area contributed by atoms with Crippen LogP contribution >= 0.6 is 35.4 Å². The number of aromatic nitrogens is 3. The summed E-state index contributed by atoms with van der Waals surface area (Å²) in [4.78, 5) is 0. The molecule has 0 bridgehead atoms. The van der Waals surface area contributed by atoms with Gasteiger partial charge in [0.15, 0.2) is 4.77 Å². The molecule has 3 nitrogen and oxygen atoms in total. The van der Waals surface area contributed by atoms with Gasteiger partial charge in [-0.15, -0.1) is 0 Å². The first-order valence-corrected chi connectivity index (χ1v) is 5.36. The third-order valence-corrected chi connectivity index (χ3v) is 3.09. The van der Waals surface area contributed by atoms with Crippen LogP contribution in [-0.2, 0) is 0 Å². The van der Waals surface area contributed by atoms with Crippen LogP contribution < -0.4 is 0 Å². The Morgan fingerprint density at radius 1 is 1.40 bits per heavy atom. The summed E-state index contributed by atoms with van der Waals surface area (Å²) in [6.45, 7) is 1.84. The standard InChI is InChI=1S/C9H7Cl2N3S/c1-5-12-13-9(15)14(5)7-4-2-3-6(10)8(7)11/h2-4H,1H3,(H,13,15). The van der Waals surface area contributed by atoms with Crippen molar-refractivity contribution in [3.8, 4) is 5.69 Å². The van der Waals surface area contributed by atoms with Crippen LogP contribution in [0.25, 0.3) is 5.69 Å². The summed E-state index contributed by atoms with van der Waals surface area (Å²) in [6.07, 6.45) is 0. The number of nitrogens with one attached hydrogen (secondary N) is 1. The van der Waals surface area contributed by atoms with Crippen LogP contribution in [0, 0.1) is 11.7 Å². The van der Waals surface area contributed by atoms with E-state index < -0.39 is 0 Å².